The van der Waals surface area contributed by atoms with E-state index in [-0.39, 0.29) is 17.6 Å². The van der Waals surface area contributed by atoms with E-state index in [9.17, 15) is 9.59 Å². The Morgan fingerprint density at radius 1 is 1.03 bits per heavy atom. The van der Waals surface area contributed by atoms with E-state index in [1.807, 2.05) is 16.0 Å². The first-order valence-corrected chi connectivity index (χ1v) is 10.9. The Bertz CT molecular complexity index is 938. The number of nitrogens with zero attached hydrogens (tertiary/aromatic N) is 2. The minimum absolute atomic E-state index is 0.103. The quantitative estimate of drug-likeness (QED) is 0.732. The predicted octanol–water partition coefficient (Wildman–Crippen LogP) is 3.39. The molecule has 1 amide bonds. The van der Waals surface area contributed by atoms with Gasteiger partial charge in [-0.25, -0.2) is 0 Å². The van der Waals surface area contributed by atoms with Crippen LogP contribution in [0.15, 0.2) is 30.3 Å². The number of piperidine rings is 1. The summed E-state index contributed by atoms with van der Waals surface area (Å²) in [7, 11) is 0. The molecule has 5 heteroatoms. The summed E-state index contributed by atoms with van der Waals surface area (Å²) in [5.74, 6) is 0.230. The maximum Gasteiger partial charge on any atom is 0.223 e. The van der Waals surface area contributed by atoms with Crippen LogP contribution in [0.25, 0.3) is 10.8 Å². The summed E-state index contributed by atoms with van der Waals surface area (Å²) >= 11 is 0. The Labute approximate surface area is 171 Å². The summed E-state index contributed by atoms with van der Waals surface area (Å²) in [5, 5.41) is 4.27. The van der Waals surface area contributed by atoms with E-state index in [1.54, 1.807) is 0 Å². The van der Waals surface area contributed by atoms with Crippen LogP contribution in [-0.2, 0) is 22.5 Å². The third-order valence-electron chi connectivity index (χ3n) is 6.69. The fourth-order valence-corrected chi connectivity index (χ4v) is 5.15. The molecule has 0 spiro atoms. The van der Waals surface area contributed by atoms with Crippen molar-refractivity contribution in [3.05, 3.63) is 47.0 Å². The van der Waals surface area contributed by atoms with Crippen LogP contribution in [0.2, 0.25) is 0 Å². The Morgan fingerprint density at radius 3 is 2.72 bits per heavy atom. The molecule has 29 heavy (non-hydrogen) atoms. The summed E-state index contributed by atoms with van der Waals surface area (Å²) in [6.45, 7) is 3.60. The summed E-state index contributed by atoms with van der Waals surface area (Å²) in [4.78, 5) is 33.5. The second-order valence-corrected chi connectivity index (χ2v) is 8.52. The SMILES string of the molecule is O=C(c1ccc2c3c(cccc13)CC2)[C@@H]1CCCN(C(=O)CCN2CCCO2)C1. The molecule has 0 radical (unpaired) electrons. The van der Waals surface area contributed by atoms with Gasteiger partial charge in [0.1, 0.15) is 0 Å². The highest BCUT2D eigenvalue weighted by Crippen LogP contribution is 2.34. The van der Waals surface area contributed by atoms with Crippen LogP contribution >= 0.6 is 0 Å². The van der Waals surface area contributed by atoms with Gasteiger partial charge in [0, 0.05) is 44.1 Å². The lowest BCUT2D eigenvalue weighted by molar-refractivity contribution is -0.139. The lowest BCUT2D eigenvalue weighted by Gasteiger charge is -2.32. The smallest absolute Gasteiger partial charge is 0.223 e. The molecule has 2 aliphatic heterocycles. The molecular formula is C24H28N2O3. The van der Waals surface area contributed by atoms with Crippen LogP contribution in [0.5, 0.6) is 0 Å². The van der Waals surface area contributed by atoms with Gasteiger partial charge in [-0.3, -0.25) is 14.4 Å². The number of carbonyl (C=O) groups is 2. The fraction of sp³-hybridized carbons (Fsp3) is 0.500. The number of aryl methyl sites for hydroxylation is 2. The molecule has 5 rings (SSSR count). The molecule has 2 fully saturated rings. The van der Waals surface area contributed by atoms with Crippen LogP contribution < -0.4 is 0 Å². The maximum absolute atomic E-state index is 13.4. The van der Waals surface area contributed by atoms with Gasteiger partial charge in [0.2, 0.25) is 5.91 Å². The molecule has 3 aliphatic rings. The standard InChI is InChI=1S/C24H28N2O3/c27-22(11-14-26-13-3-15-29-26)25-12-2-5-19(16-25)24(28)21-10-9-18-8-7-17-4-1-6-20(21)23(17)18/h1,4,6,9-10,19H,2-3,5,7-8,11-16H2/t19-/m1/s1. The van der Waals surface area contributed by atoms with Crippen LogP contribution in [0.3, 0.4) is 0 Å². The molecule has 0 unspecified atom stereocenters. The largest absolute Gasteiger partial charge is 0.342 e. The van der Waals surface area contributed by atoms with Gasteiger partial charge >= 0.3 is 0 Å². The summed E-state index contributed by atoms with van der Waals surface area (Å²) in [6.07, 6.45) is 5.38. The minimum atomic E-state index is -0.103. The molecule has 2 aromatic carbocycles. The first kappa shape index (κ1) is 18.8. The Morgan fingerprint density at radius 2 is 1.90 bits per heavy atom. The fourth-order valence-electron chi connectivity index (χ4n) is 5.15. The van der Waals surface area contributed by atoms with Gasteiger partial charge in [-0.15, -0.1) is 0 Å². The second-order valence-electron chi connectivity index (χ2n) is 8.52. The first-order valence-electron chi connectivity index (χ1n) is 10.9. The number of likely N-dealkylation sites (tertiary alicyclic amines) is 1. The number of ketones is 1. The van der Waals surface area contributed by atoms with E-state index in [0.717, 1.165) is 62.8 Å². The van der Waals surface area contributed by atoms with Gasteiger partial charge in [-0.05, 0) is 54.0 Å². The van der Waals surface area contributed by atoms with Crippen molar-refractivity contribution in [3.63, 3.8) is 0 Å². The zero-order valence-electron chi connectivity index (χ0n) is 16.9. The number of amides is 1. The summed E-state index contributed by atoms with van der Waals surface area (Å²) in [6, 6.07) is 10.5. The molecule has 152 valence electrons. The third-order valence-corrected chi connectivity index (χ3v) is 6.69. The normalized spacial score (nSPS) is 21.8. The average Bonchev–Trinajstić information content (AvgIpc) is 3.43. The number of hydrogen-bond acceptors (Lipinski definition) is 4. The van der Waals surface area contributed by atoms with E-state index in [0.29, 0.717) is 19.5 Å². The van der Waals surface area contributed by atoms with E-state index >= 15 is 0 Å². The summed E-state index contributed by atoms with van der Waals surface area (Å²) in [5.41, 5.74) is 3.55. The highest BCUT2D eigenvalue weighted by molar-refractivity contribution is 6.11. The number of carbonyl (C=O) groups excluding carboxylic acids is 2. The van der Waals surface area contributed by atoms with E-state index in [4.69, 9.17) is 4.84 Å². The number of hydrogen-bond donors (Lipinski definition) is 0. The average molecular weight is 392 g/mol. The molecule has 1 aliphatic carbocycles. The monoisotopic (exact) mass is 392 g/mol. The Hall–Kier alpha value is -2.24. The lowest BCUT2D eigenvalue weighted by atomic mass is 9.87. The van der Waals surface area contributed by atoms with Crippen molar-refractivity contribution in [1.29, 1.82) is 0 Å². The van der Waals surface area contributed by atoms with Gasteiger partial charge in [0.15, 0.2) is 5.78 Å². The van der Waals surface area contributed by atoms with Gasteiger partial charge in [0.25, 0.3) is 0 Å². The highest BCUT2D eigenvalue weighted by atomic mass is 16.7. The topological polar surface area (TPSA) is 49.9 Å². The summed E-state index contributed by atoms with van der Waals surface area (Å²) < 4.78 is 0. The molecule has 5 nitrogen and oxygen atoms in total. The Kier molecular flexibility index (Phi) is 5.10. The van der Waals surface area contributed by atoms with Gasteiger partial charge < -0.3 is 4.90 Å². The highest BCUT2D eigenvalue weighted by Gasteiger charge is 2.30. The van der Waals surface area contributed by atoms with E-state index < -0.39 is 0 Å². The van der Waals surface area contributed by atoms with E-state index in [1.165, 1.54) is 16.5 Å². The van der Waals surface area contributed by atoms with Gasteiger partial charge in [-0.1, -0.05) is 30.3 Å². The van der Waals surface area contributed by atoms with Crippen molar-refractivity contribution in [2.45, 2.75) is 38.5 Å². The molecule has 1 atom stereocenters. The second kappa shape index (κ2) is 7.88. The zero-order valence-corrected chi connectivity index (χ0v) is 16.9. The third kappa shape index (κ3) is 3.58. The molecule has 0 N–H and O–H groups in total. The molecular weight excluding hydrogens is 364 g/mol. The van der Waals surface area contributed by atoms with Crippen molar-refractivity contribution in [2.75, 3.05) is 32.8 Å². The van der Waals surface area contributed by atoms with E-state index in [2.05, 4.69) is 24.3 Å². The molecule has 0 saturated carbocycles. The molecule has 2 saturated heterocycles. The minimum Gasteiger partial charge on any atom is -0.342 e. The van der Waals surface area contributed by atoms with Gasteiger partial charge in [0.05, 0.1) is 6.61 Å². The number of hydroxylamine groups is 2. The van der Waals surface area contributed by atoms with Crippen molar-refractivity contribution in [2.24, 2.45) is 5.92 Å². The van der Waals surface area contributed by atoms with Crippen LogP contribution in [-0.4, -0.2) is 54.4 Å². The van der Waals surface area contributed by atoms with Crippen LogP contribution in [0, 0.1) is 5.92 Å². The molecule has 2 heterocycles. The molecule has 0 aromatic heterocycles. The van der Waals surface area contributed by atoms with Crippen molar-refractivity contribution in [3.8, 4) is 0 Å². The van der Waals surface area contributed by atoms with Crippen molar-refractivity contribution < 1.29 is 14.4 Å². The number of benzene rings is 2. The molecule has 2 aromatic rings. The number of rotatable bonds is 5. The lowest BCUT2D eigenvalue weighted by Crippen LogP contribution is -2.43. The number of Topliss-reactive ketones (excluding diaryl/α,β-unsaturated/α-hetero) is 1. The Balaban J connectivity index is 1.30. The van der Waals surface area contributed by atoms with Gasteiger partial charge in [-0.2, -0.15) is 5.06 Å². The molecule has 0 bridgehead atoms. The van der Waals surface area contributed by atoms with Crippen LogP contribution in [0.4, 0.5) is 0 Å². The van der Waals surface area contributed by atoms with Crippen molar-refractivity contribution >= 4 is 22.5 Å². The predicted molar refractivity (Wildman–Crippen MR) is 112 cm³/mol. The zero-order chi connectivity index (χ0) is 19.8. The first-order chi connectivity index (χ1) is 14.2. The maximum atomic E-state index is 13.4. The van der Waals surface area contributed by atoms with Crippen LogP contribution in [0.1, 0.15) is 47.2 Å². The van der Waals surface area contributed by atoms with Crippen molar-refractivity contribution in [1.82, 2.24) is 9.96 Å².